The molecule has 0 aliphatic carbocycles. The Labute approximate surface area is 174 Å². The summed E-state index contributed by atoms with van der Waals surface area (Å²) in [5.74, 6) is -1.11. The summed E-state index contributed by atoms with van der Waals surface area (Å²) < 4.78 is 52.7. The van der Waals surface area contributed by atoms with E-state index in [-0.39, 0.29) is 17.6 Å². The zero-order valence-electron chi connectivity index (χ0n) is 15.6. The average Bonchev–Trinajstić information content (AvgIpc) is 2.89. The van der Waals surface area contributed by atoms with Crippen molar-refractivity contribution in [2.24, 2.45) is 0 Å². The summed E-state index contributed by atoms with van der Waals surface area (Å²) in [6, 6.07) is 9.73. The van der Waals surface area contributed by atoms with Crippen molar-refractivity contribution < 1.29 is 27.4 Å². The van der Waals surface area contributed by atoms with E-state index >= 15 is 0 Å². The van der Waals surface area contributed by atoms with Crippen LogP contribution >= 0.6 is 11.6 Å². The zero-order chi connectivity index (χ0) is 21.3. The smallest absolute Gasteiger partial charge is 0.449 e. The lowest BCUT2D eigenvalue weighted by atomic mass is 10.2. The van der Waals surface area contributed by atoms with Crippen LogP contribution in [-0.2, 0) is 24.1 Å². The first-order valence-electron chi connectivity index (χ1n) is 9.20. The van der Waals surface area contributed by atoms with Gasteiger partial charge in [0.25, 0.3) is 0 Å². The van der Waals surface area contributed by atoms with Crippen LogP contribution in [0.2, 0.25) is 5.02 Å². The van der Waals surface area contributed by atoms with Crippen LogP contribution in [0.5, 0.6) is 11.5 Å². The highest BCUT2D eigenvalue weighted by atomic mass is 35.5. The van der Waals surface area contributed by atoms with Crippen LogP contribution in [0.4, 0.5) is 13.2 Å². The van der Waals surface area contributed by atoms with E-state index in [9.17, 15) is 18.0 Å². The minimum absolute atomic E-state index is 0.0745. The molecule has 0 unspecified atom stereocenters. The third kappa shape index (κ3) is 4.16. The van der Waals surface area contributed by atoms with E-state index in [1.165, 1.54) is 12.1 Å². The molecule has 158 valence electrons. The molecule has 1 aromatic heterocycles. The molecule has 0 spiro atoms. The number of fused-ring (bicyclic) bond motifs is 2. The van der Waals surface area contributed by atoms with Gasteiger partial charge in [0.15, 0.2) is 11.5 Å². The Kier molecular flexibility index (Phi) is 5.46. The molecule has 0 saturated carbocycles. The van der Waals surface area contributed by atoms with Crippen LogP contribution in [0.25, 0.3) is 11.0 Å². The lowest BCUT2D eigenvalue weighted by molar-refractivity contribution is -0.147. The Balaban J connectivity index is 1.65. The van der Waals surface area contributed by atoms with Crippen molar-refractivity contribution in [1.82, 2.24) is 14.9 Å². The number of amides is 1. The molecule has 2 aromatic carbocycles. The van der Waals surface area contributed by atoms with Crippen LogP contribution in [0, 0.1) is 0 Å². The average molecular weight is 440 g/mol. The molecule has 0 radical (unpaired) electrons. The fourth-order valence-corrected chi connectivity index (χ4v) is 3.40. The predicted octanol–water partition coefficient (Wildman–Crippen LogP) is 4.19. The molecule has 30 heavy (non-hydrogen) atoms. The number of carbonyl (C=O) groups is 1. The van der Waals surface area contributed by atoms with E-state index < -0.39 is 24.5 Å². The Morgan fingerprint density at radius 2 is 1.87 bits per heavy atom. The summed E-state index contributed by atoms with van der Waals surface area (Å²) >= 11 is 6.05. The second-order valence-electron chi connectivity index (χ2n) is 6.73. The topological polar surface area (TPSA) is 65.4 Å². The standard InChI is InChI=1S/C20H17ClF3N3O3/c21-13-5-2-1-4-12(13)10-25-18(28)11-27-15-9-17-16(29-6-3-7-30-17)8-14(15)26-19(27)20(22,23)24/h1-2,4-5,8-9H,3,6-7,10-11H2,(H,25,28). The van der Waals surface area contributed by atoms with Crippen molar-refractivity contribution in [2.45, 2.75) is 25.7 Å². The van der Waals surface area contributed by atoms with E-state index in [0.29, 0.717) is 41.7 Å². The normalized spacial score (nSPS) is 13.9. The molecular formula is C20H17ClF3N3O3. The quantitative estimate of drug-likeness (QED) is 0.662. The van der Waals surface area contributed by atoms with Crippen LogP contribution in [-0.4, -0.2) is 28.7 Å². The van der Waals surface area contributed by atoms with Crippen molar-refractivity contribution in [3.05, 3.63) is 52.8 Å². The molecule has 4 rings (SSSR count). The molecule has 0 fully saturated rings. The third-order valence-electron chi connectivity index (χ3n) is 4.61. The Bertz CT molecular complexity index is 1100. The number of ether oxygens (including phenoxy) is 2. The van der Waals surface area contributed by atoms with E-state index in [0.717, 1.165) is 4.57 Å². The molecule has 0 saturated heterocycles. The van der Waals surface area contributed by atoms with Crippen LogP contribution in [0.1, 0.15) is 17.8 Å². The molecule has 1 N–H and O–H groups in total. The van der Waals surface area contributed by atoms with Gasteiger partial charge >= 0.3 is 6.18 Å². The maximum absolute atomic E-state index is 13.6. The number of nitrogens with one attached hydrogen (secondary N) is 1. The van der Waals surface area contributed by atoms with Gasteiger partial charge in [0.1, 0.15) is 6.54 Å². The maximum Gasteiger partial charge on any atom is 0.449 e. The first-order valence-corrected chi connectivity index (χ1v) is 9.58. The number of halogens is 4. The summed E-state index contributed by atoms with van der Waals surface area (Å²) in [5.41, 5.74) is 0.875. The van der Waals surface area contributed by atoms with E-state index in [4.69, 9.17) is 21.1 Å². The van der Waals surface area contributed by atoms with Crippen LogP contribution in [0.3, 0.4) is 0 Å². The third-order valence-corrected chi connectivity index (χ3v) is 4.98. The summed E-state index contributed by atoms with van der Waals surface area (Å²) in [4.78, 5) is 16.1. The van der Waals surface area contributed by atoms with Crippen molar-refractivity contribution in [3.8, 4) is 11.5 Å². The molecule has 10 heteroatoms. The van der Waals surface area contributed by atoms with Gasteiger partial charge in [0.05, 0.1) is 24.2 Å². The van der Waals surface area contributed by atoms with Gasteiger partial charge in [0.2, 0.25) is 11.7 Å². The van der Waals surface area contributed by atoms with E-state index in [1.54, 1.807) is 24.3 Å². The first kappa shape index (κ1) is 20.3. The van der Waals surface area contributed by atoms with Gasteiger partial charge in [-0.1, -0.05) is 29.8 Å². The molecule has 0 bridgehead atoms. The summed E-state index contributed by atoms with van der Waals surface area (Å²) in [5, 5.41) is 3.06. The monoisotopic (exact) mass is 439 g/mol. The van der Waals surface area contributed by atoms with Gasteiger partial charge < -0.3 is 19.4 Å². The fraction of sp³-hybridized carbons (Fsp3) is 0.300. The van der Waals surface area contributed by atoms with Crippen LogP contribution < -0.4 is 14.8 Å². The maximum atomic E-state index is 13.6. The minimum Gasteiger partial charge on any atom is -0.489 e. The van der Waals surface area contributed by atoms with E-state index in [2.05, 4.69) is 10.3 Å². The Morgan fingerprint density at radius 1 is 1.17 bits per heavy atom. The number of rotatable bonds is 4. The lowest BCUT2D eigenvalue weighted by Crippen LogP contribution is -2.29. The molecule has 1 amide bonds. The zero-order valence-corrected chi connectivity index (χ0v) is 16.4. The first-order chi connectivity index (χ1) is 14.3. The molecule has 1 aliphatic rings. The molecule has 6 nitrogen and oxygen atoms in total. The second kappa shape index (κ2) is 8.06. The van der Waals surface area contributed by atoms with Crippen molar-refractivity contribution in [1.29, 1.82) is 0 Å². The molecule has 0 atom stereocenters. The molecule has 3 aromatic rings. The number of hydrogen-bond acceptors (Lipinski definition) is 4. The largest absolute Gasteiger partial charge is 0.489 e. The van der Waals surface area contributed by atoms with Gasteiger partial charge in [-0.05, 0) is 11.6 Å². The van der Waals surface area contributed by atoms with Gasteiger partial charge in [-0.2, -0.15) is 13.2 Å². The highest BCUT2D eigenvalue weighted by Gasteiger charge is 2.38. The highest BCUT2D eigenvalue weighted by Crippen LogP contribution is 2.37. The van der Waals surface area contributed by atoms with Gasteiger partial charge in [0, 0.05) is 30.1 Å². The molecular weight excluding hydrogens is 423 g/mol. The van der Waals surface area contributed by atoms with Gasteiger partial charge in [-0.15, -0.1) is 0 Å². The summed E-state index contributed by atoms with van der Waals surface area (Å²) in [7, 11) is 0. The summed E-state index contributed by atoms with van der Waals surface area (Å²) in [6.07, 6.45) is -4.08. The number of alkyl halides is 3. The lowest BCUT2D eigenvalue weighted by Gasteiger charge is -2.13. The predicted molar refractivity (Wildman–Crippen MR) is 104 cm³/mol. The Hall–Kier alpha value is -2.94. The number of carbonyl (C=O) groups excluding carboxylic acids is 1. The second-order valence-corrected chi connectivity index (χ2v) is 7.13. The van der Waals surface area contributed by atoms with Crippen molar-refractivity contribution >= 4 is 28.5 Å². The number of aromatic nitrogens is 2. The number of nitrogens with zero attached hydrogens (tertiary/aromatic N) is 2. The SMILES string of the molecule is O=C(Cn1c(C(F)(F)F)nc2cc3c(cc21)OCCCO3)NCc1ccccc1Cl. The minimum atomic E-state index is -4.73. The summed E-state index contributed by atoms with van der Waals surface area (Å²) in [6.45, 7) is 0.321. The molecule has 2 heterocycles. The number of benzene rings is 2. The van der Waals surface area contributed by atoms with Crippen molar-refractivity contribution in [2.75, 3.05) is 13.2 Å². The number of imidazole rings is 1. The van der Waals surface area contributed by atoms with Crippen LogP contribution in [0.15, 0.2) is 36.4 Å². The van der Waals surface area contributed by atoms with Crippen molar-refractivity contribution in [3.63, 3.8) is 0 Å². The highest BCUT2D eigenvalue weighted by molar-refractivity contribution is 6.31. The van der Waals surface area contributed by atoms with Gasteiger partial charge in [-0.25, -0.2) is 4.98 Å². The molecule has 1 aliphatic heterocycles. The Morgan fingerprint density at radius 3 is 2.57 bits per heavy atom. The van der Waals surface area contributed by atoms with Gasteiger partial charge in [-0.3, -0.25) is 4.79 Å². The fourth-order valence-electron chi connectivity index (χ4n) is 3.19. The number of hydrogen-bond donors (Lipinski definition) is 1. The van der Waals surface area contributed by atoms with E-state index in [1.807, 2.05) is 0 Å².